The summed E-state index contributed by atoms with van der Waals surface area (Å²) in [5, 5.41) is 8.85. The van der Waals surface area contributed by atoms with E-state index in [9.17, 15) is 8.78 Å². The van der Waals surface area contributed by atoms with Gasteiger partial charge in [-0.3, -0.25) is 4.68 Å². The highest BCUT2D eigenvalue weighted by Gasteiger charge is 2.16. The van der Waals surface area contributed by atoms with Gasteiger partial charge in [0.2, 0.25) is 0 Å². The van der Waals surface area contributed by atoms with Crippen molar-refractivity contribution in [1.29, 1.82) is 0 Å². The molecule has 4 aromatic rings. The van der Waals surface area contributed by atoms with Crippen LogP contribution in [0.3, 0.4) is 0 Å². The van der Waals surface area contributed by atoms with Gasteiger partial charge in [0, 0.05) is 46.2 Å². The molecule has 5 nitrogen and oxygen atoms in total. The van der Waals surface area contributed by atoms with Gasteiger partial charge in [-0.05, 0) is 50.2 Å². The molecule has 7 heteroatoms. The maximum Gasteiger partial charge on any atom is 0.137 e. The van der Waals surface area contributed by atoms with Crippen LogP contribution in [0.4, 0.5) is 8.78 Å². The summed E-state index contributed by atoms with van der Waals surface area (Å²) in [5.74, 6) is -0.929. The average molecular weight is 405 g/mol. The van der Waals surface area contributed by atoms with Crippen LogP contribution in [0.15, 0.2) is 49.1 Å². The molecule has 1 fully saturated rings. The monoisotopic (exact) mass is 405 g/mol. The molecule has 0 saturated carbocycles. The lowest BCUT2D eigenvalue weighted by Crippen LogP contribution is -2.29. The first-order valence-corrected chi connectivity index (χ1v) is 10.0. The lowest BCUT2D eigenvalue weighted by Gasteiger charge is -2.22. The van der Waals surface area contributed by atoms with Crippen molar-refractivity contribution in [2.75, 3.05) is 13.1 Å². The molecule has 0 spiro atoms. The van der Waals surface area contributed by atoms with E-state index in [1.807, 2.05) is 29.3 Å². The van der Waals surface area contributed by atoms with Crippen LogP contribution in [0.2, 0.25) is 0 Å². The number of H-pyrrole nitrogens is 1. The van der Waals surface area contributed by atoms with Gasteiger partial charge in [0.05, 0.1) is 12.2 Å². The molecule has 5 rings (SSSR count). The summed E-state index contributed by atoms with van der Waals surface area (Å²) in [6.07, 6.45) is 13.1. The second-order valence-corrected chi connectivity index (χ2v) is 7.55. The third-order valence-electron chi connectivity index (χ3n) is 5.58. The number of fused-ring (bicyclic) bond motifs is 1. The maximum atomic E-state index is 13.9. The summed E-state index contributed by atoms with van der Waals surface area (Å²) in [6.45, 7) is 2.02. The molecular weight excluding hydrogens is 384 g/mol. The zero-order chi connectivity index (χ0) is 20.5. The second kappa shape index (κ2) is 7.84. The maximum absolute atomic E-state index is 13.9. The Labute approximate surface area is 172 Å². The molecule has 0 unspecified atom stereocenters. The first kappa shape index (κ1) is 18.7. The predicted octanol–water partition coefficient (Wildman–Crippen LogP) is 4.80. The average Bonchev–Trinajstić information content (AvgIpc) is 3.42. The van der Waals surface area contributed by atoms with E-state index in [2.05, 4.69) is 26.6 Å². The van der Waals surface area contributed by atoms with Crippen LogP contribution < -0.4 is 5.32 Å². The number of aromatic amines is 1. The topological polar surface area (TPSA) is 58.5 Å². The Hall–Kier alpha value is -3.32. The Balaban J connectivity index is 1.45. The quantitative estimate of drug-likeness (QED) is 0.513. The Morgan fingerprint density at radius 1 is 1.00 bits per heavy atom. The van der Waals surface area contributed by atoms with Gasteiger partial charge in [0.25, 0.3) is 0 Å². The van der Waals surface area contributed by atoms with Gasteiger partial charge in [-0.15, -0.1) is 0 Å². The molecule has 30 heavy (non-hydrogen) atoms. The van der Waals surface area contributed by atoms with E-state index in [1.54, 1.807) is 12.2 Å². The minimum Gasteiger partial charge on any atom is -0.346 e. The van der Waals surface area contributed by atoms with Crippen molar-refractivity contribution in [2.45, 2.75) is 18.9 Å². The van der Waals surface area contributed by atoms with Gasteiger partial charge in [-0.1, -0.05) is 12.2 Å². The van der Waals surface area contributed by atoms with Crippen LogP contribution >= 0.6 is 0 Å². The Morgan fingerprint density at radius 3 is 2.70 bits per heavy atom. The van der Waals surface area contributed by atoms with E-state index < -0.39 is 11.6 Å². The fraction of sp³-hybridized carbons (Fsp3) is 0.217. The van der Waals surface area contributed by atoms with Crippen LogP contribution in [-0.4, -0.2) is 32.8 Å². The molecule has 1 aromatic carbocycles. The second-order valence-electron chi connectivity index (χ2n) is 7.55. The van der Waals surface area contributed by atoms with Crippen LogP contribution in [0, 0.1) is 11.6 Å². The molecule has 152 valence electrons. The van der Waals surface area contributed by atoms with Gasteiger partial charge >= 0.3 is 0 Å². The largest absolute Gasteiger partial charge is 0.346 e. The van der Waals surface area contributed by atoms with Crippen LogP contribution in [0.1, 0.15) is 30.0 Å². The summed E-state index contributed by atoms with van der Waals surface area (Å²) in [6, 6.07) is 5.88. The summed E-state index contributed by atoms with van der Waals surface area (Å²) in [4.78, 5) is 7.64. The zero-order valence-corrected chi connectivity index (χ0v) is 16.3. The fourth-order valence-corrected chi connectivity index (χ4v) is 3.90. The predicted molar refractivity (Wildman–Crippen MR) is 114 cm³/mol. The van der Waals surface area contributed by atoms with E-state index in [0.29, 0.717) is 6.04 Å². The van der Waals surface area contributed by atoms with Crippen molar-refractivity contribution < 1.29 is 8.78 Å². The van der Waals surface area contributed by atoms with Crippen molar-refractivity contribution in [3.8, 4) is 11.1 Å². The Bertz CT molecular complexity index is 1220. The standard InChI is InChI=1S/C23H21F2N5/c24-19-3-4-22(25)15(9-19)1-2-16-11-27-23-21(16)10-17(12-28-23)18-13-29-30(14-18)20-5-7-26-8-6-20/h1-4,9-14,20,26H,5-8H2,(H,27,28)/b2-1+. The Kier molecular flexibility index (Phi) is 4.88. The molecular formula is C23H21F2N5. The molecule has 0 amide bonds. The summed E-state index contributed by atoms with van der Waals surface area (Å²) in [5.41, 5.74) is 3.78. The molecule has 0 radical (unpaired) electrons. The fourth-order valence-electron chi connectivity index (χ4n) is 3.90. The first-order valence-electron chi connectivity index (χ1n) is 10.0. The number of halogens is 2. The normalized spacial score (nSPS) is 15.4. The highest BCUT2D eigenvalue weighted by atomic mass is 19.1. The number of rotatable bonds is 4. The molecule has 1 aliphatic heterocycles. The molecule has 0 bridgehead atoms. The Morgan fingerprint density at radius 2 is 1.83 bits per heavy atom. The number of benzene rings is 1. The van der Waals surface area contributed by atoms with Gasteiger partial charge < -0.3 is 10.3 Å². The van der Waals surface area contributed by atoms with Crippen LogP contribution in [0.25, 0.3) is 34.3 Å². The summed E-state index contributed by atoms with van der Waals surface area (Å²) < 4.78 is 29.4. The number of aromatic nitrogens is 4. The van der Waals surface area contributed by atoms with Gasteiger partial charge in [-0.25, -0.2) is 13.8 Å². The van der Waals surface area contributed by atoms with Crippen molar-refractivity contribution in [1.82, 2.24) is 25.1 Å². The molecule has 3 aromatic heterocycles. The van der Waals surface area contributed by atoms with Gasteiger partial charge in [0.1, 0.15) is 17.3 Å². The number of nitrogens with one attached hydrogen (secondary N) is 2. The van der Waals surface area contributed by atoms with E-state index >= 15 is 0 Å². The highest BCUT2D eigenvalue weighted by Crippen LogP contribution is 2.27. The molecule has 0 atom stereocenters. The lowest BCUT2D eigenvalue weighted by atomic mass is 10.1. The van der Waals surface area contributed by atoms with Crippen molar-refractivity contribution in [2.24, 2.45) is 0 Å². The number of hydrogen-bond acceptors (Lipinski definition) is 3. The van der Waals surface area contributed by atoms with E-state index in [0.717, 1.165) is 65.8 Å². The van der Waals surface area contributed by atoms with Gasteiger partial charge in [0.15, 0.2) is 0 Å². The summed E-state index contributed by atoms with van der Waals surface area (Å²) >= 11 is 0. The minimum atomic E-state index is -0.468. The van der Waals surface area contributed by atoms with Crippen LogP contribution in [-0.2, 0) is 0 Å². The third-order valence-corrected chi connectivity index (χ3v) is 5.58. The number of pyridine rings is 1. The van der Waals surface area contributed by atoms with E-state index in [-0.39, 0.29) is 5.56 Å². The zero-order valence-electron chi connectivity index (χ0n) is 16.3. The van der Waals surface area contributed by atoms with Crippen LogP contribution in [0.5, 0.6) is 0 Å². The van der Waals surface area contributed by atoms with Crippen molar-refractivity contribution in [3.63, 3.8) is 0 Å². The molecule has 4 heterocycles. The number of nitrogens with zero attached hydrogens (tertiary/aromatic N) is 3. The first-order chi connectivity index (χ1) is 14.7. The van der Waals surface area contributed by atoms with Gasteiger partial charge in [-0.2, -0.15) is 5.10 Å². The SMILES string of the molecule is Fc1ccc(F)c(/C=C/c2c[nH]c3ncc(-c4cnn(C5CCNCC5)c4)cc23)c1. The van der Waals surface area contributed by atoms with Crippen molar-refractivity contribution >= 4 is 23.2 Å². The minimum absolute atomic E-state index is 0.205. The number of hydrogen-bond donors (Lipinski definition) is 2. The smallest absolute Gasteiger partial charge is 0.137 e. The third kappa shape index (κ3) is 3.64. The summed E-state index contributed by atoms with van der Waals surface area (Å²) in [7, 11) is 0. The molecule has 2 N–H and O–H groups in total. The van der Waals surface area contributed by atoms with E-state index in [1.165, 1.54) is 6.07 Å². The lowest BCUT2D eigenvalue weighted by molar-refractivity contribution is 0.343. The molecule has 1 aliphatic rings. The molecule has 0 aliphatic carbocycles. The highest BCUT2D eigenvalue weighted by molar-refractivity contribution is 5.91. The number of piperidine rings is 1. The molecule has 1 saturated heterocycles. The van der Waals surface area contributed by atoms with E-state index in [4.69, 9.17) is 0 Å². The van der Waals surface area contributed by atoms with Crippen molar-refractivity contribution in [3.05, 3.63) is 71.8 Å².